The van der Waals surface area contributed by atoms with E-state index in [1.165, 1.54) is 17.9 Å². The predicted octanol–water partition coefficient (Wildman–Crippen LogP) is 3.30. The fourth-order valence-corrected chi connectivity index (χ4v) is 2.77. The molecule has 0 saturated heterocycles. The first kappa shape index (κ1) is 18.1. The fourth-order valence-electron chi connectivity index (χ4n) is 2.32. The van der Waals surface area contributed by atoms with Gasteiger partial charge < -0.3 is 10.2 Å². The maximum atomic E-state index is 13.8. The molecule has 2 aromatic carbocycles. The van der Waals surface area contributed by atoms with Gasteiger partial charge >= 0.3 is 0 Å². The summed E-state index contributed by atoms with van der Waals surface area (Å²) < 4.78 is 14.7. The van der Waals surface area contributed by atoms with Crippen molar-refractivity contribution in [2.45, 2.75) is 13.3 Å². The summed E-state index contributed by atoms with van der Waals surface area (Å²) in [7, 11) is 0. The molecule has 0 radical (unpaired) electrons. The van der Waals surface area contributed by atoms with Gasteiger partial charge in [0.25, 0.3) is 0 Å². The third kappa shape index (κ3) is 5.16. The third-order valence-electron chi connectivity index (χ3n) is 3.43. The molecule has 2 amide bonds. The Kier molecular flexibility index (Phi) is 6.49. The molecule has 126 valence electrons. The van der Waals surface area contributed by atoms with Crippen molar-refractivity contribution in [3.05, 3.63) is 64.4 Å². The number of carbonyl (C=O) groups is 2. The molecule has 6 heteroatoms. The lowest BCUT2D eigenvalue weighted by atomic mass is 10.1. The lowest BCUT2D eigenvalue weighted by molar-refractivity contribution is -0.121. The van der Waals surface area contributed by atoms with Crippen LogP contribution in [0.15, 0.2) is 53.0 Å². The molecule has 0 heterocycles. The second-order valence-corrected chi connectivity index (χ2v) is 6.19. The molecule has 0 unspecified atom stereocenters. The zero-order valence-corrected chi connectivity index (χ0v) is 14.8. The van der Waals surface area contributed by atoms with E-state index in [4.69, 9.17) is 0 Å². The molecule has 0 spiro atoms. The van der Waals surface area contributed by atoms with E-state index in [-0.39, 0.29) is 37.0 Å². The quantitative estimate of drug-likeness (QED) is 0.819. The second-order valence-electron chi connectivity index (χ2n) is 5.28. The third-order valence-corrected chi connectivity index (χ3v) is 3.93. The summed E-state index contributed by atoms with van der Waals surface area (Å²) in [6, 6.07) is 13.6. The number of nitrogens with zero attached hydrogens (tertiary/aromatic N) is 1. The van der Waals surface area contributed by atoms with Gasteiger partial charge in [0.15, 0.2) is 0 Å². The molecule has 0 saturated carbocycles. The zero-order valence-electron chi connectivity index (χ0n) is 13.3. The number of rotatable bonds is 6. The van der Waals surface area contributed by atoms with Crippen LogP contribution in [-0.2, 0) is 16.0 Å². The number of benzene rings is 2. The molecular formula is C18H18BrFN2O2. The van der Waals surface area contributed by atoms with E-state index < -0.39 is 5.82 Å². The minimum absolute atomic E-state index is 0.148. The van der Waals surface area contributed by atoms with Gasteiger partial charge in [0.1, 0.15) is 5.82 Å². The van der Waals surface area contributed by atoms with Crippen LogP contribution in [0.4, 0.5) is 10.1 Å². The Morgan fingerprint density at radius 1 is 1.17 bits per heavy atom. The fraction of sp³-hybridized carbons (Fsp3) is 0.222. The van der Waals surface area contributed by atoms with Gasteiger partial charge in [-0.3, -0.25) is 9.59 Å². The van der Waals surface area contributed by atoms with E-state index in [2.05, 4.69) is 21.2 Å². The van der Waals surface area contributed by atoms with Gasteiger partial charge in [-0.15, -0.1) is 0 Å². The molecule has 0 aliphatic heterocycles. The Hall–Kier alpha value is -2.21. The number of hydrogen-bond acceptors (Lipinski definition) is 2. The molecule has 2 aromatic rings. The largest absolute Gasteiger partial charge is 0.354 e. The maximum absolute atomic E-state index is 13.8. The highest BCUT2D eigenvalue weighted by Gasteiger charge is 2.15. The number of halogens is 2. The van der Waals surface area contributed by atoms with Crippen molar-refractivity contribution >= 4 is 33.4 Å². The molecule has 0 atom stereocenters. The summed E-state index contributed by atoms with van der Waals surface area (Å²) in [4.78, 5) is 25.0. The highest BCUT2D eigenvalue weighted by molar-refractivity contribution is 9.10. The standard InChI is InChI=1S/C18H18BrFN2O2/c1-13(23)22(17-8-3-2-7-16(17)20)10-9-21-18(24)12-14-5-4-6-15(19)11-14/h2-8,11H,9-10,12H2,1H3,(H,21,24). The lowest BCUT2D eigenvalue weighted by Gasteiger charge is -2.21. The van der Waals surface area contributed by atoms with Crippen molar-refractivity contribution in [3.8, 4) is 0 Å². The van der Waals surface area contributed by atoms with Crippen molar-refractivity contribution < 1.29 is 14.0 Å². The van der Waals surface area contributed by atoms with E-state index >= 15 is 0 Å². The molecule has 24 heavy (non-hydrogen) atoms. The van der Waals surface area contributed by atoms with Crippen LogP contribution in [0.2, 0.25) is 0 Å². The van der Waals surface area contributed by atoms with E-state index in [1.54, 1.807) is 18.2 Å². The highest BCUT2D eigenvalue weighted by Crippen LogP contribution is 2.18. The monoisotopic (exact) mass is 392 g/mol. The number of para-hydroxylation sites is 1. The average molecular weight is 393 g/mol. The Balaban J connectivity index is 1.90. The van der Waals surface area contributed by atoms with Crippen LogP contribution in [0.1, 0.15) is 12.5 Å². The zero-order chi connectivity index (χ0) is 17.5. The summed E-state index contributed by atoms with van der Waals surface area (Å²) in [6.07, 6.45) is 0.249. The predicted molar refractivity (Wildman–Crippen MR) is 95.3 cm³/mol. The molecule has 0 aliphatic carbocycles. The van der Waals surface area contributed by atoms with Gasteiger partial charge in [-0.2, -0.15) is 0 Å². The SMILES string of the molecule is CC(=O)N(CCNC(=O)Cc1cccc(Br)c1)c1ccccc1F. The Bertz CT molecular complexity index is 736. The summed E-state index contributed by atoms with van der Waals surface area (Å²) in [6.45, 7) is 1.83. The highest BCUT2D eigenvalue weighted by atomic mass is 79.9. The molecule has 0 bridgehead atoms. The molecule has 0 aromatic heterocycles. The number of anilines is 1. The Morgan fingerprint density at radius 3 is 2.58 bits per heavy atom. The first-order valence-electron chi connectivity index (χ1n) is 7.51. The molecule has 0 aliphatic rings. The van der Waals surface area contributed by atoms with Crippen LogP contribution in [0.25, 0.3) is 0 Å². The van der Waals surface area contributed by atoms with Crippen molar-refractivity contribution in [2.75, 3.05) is 18.0 Å². The van der Waals surface area contributed by atoms with Crippen LogP contribution in [-0.4, -0.2) is 24.9 Å². The Morgan fingerprint density at radius 2 is 1.92 bits per heavy atom. The first-order valence-corrected chi connectivity index (χ1v) is 8.30. The van der Waals surface area contributed by atoms with Crippen LogP contribution >= 0.6 is 15.9 Å². The van der Waals surface area contributed by atoms with Crippen LogP contribution in [0.5, 0.6) is 0 Å². The summed E-state index contributed by atoms with van der Waals surface area (Å²) in [5.41, 5.74) is 1.10. The van der Waals surface area contributed by atoms with Crippen LogP contribution < -0.4 is 10.2 Å². The van der Waals surface area contributed by atoms with E-state index in [1.807, 2.05) is 24.3 Å². The second kappa shape index (κ2) is 8.59. The van der Waals surface area contributed by atoms with Gasteiger partial charge in [-0.25, -0.2) is 4.39 Å². The minimum atomic E-state index is -0.465. The van der Waals surface area contributed by atoms with Gasteiger partial charge in [0.05, 0.1) is 12.1 Å². The van der Waals surface area contributed by atoms with Gasteiger partial charge in [0.2, 0.25) is 11.8 Å². The summed E-state index contributed by atoms with van der Waals surface area (Å²) >= 11 is 3.36. The number of carbonyl (C=O) groups excluding carboxylic acids is 2. The van der Waals surface area contributed by atoms with Crippen LogP contribution in [0.3, 0.4) is 0 Å². The minimum Gasteiger partial charge on any atom is -0.354 e. The van der Waals surface area contributed by atoms with E-state index in [0.29, 0.717) is 0 Å². The van der Waals surface area contributed by atoms with Crippen LogP contribution in [0, 0.1) is 5.82 Å². The summed E-state index contributed by atoms with van der Waals surface area (Å²) in [5, 5.41) is 2.75. The average Bonchev–Trinajstić information content (AvgIpc) is 2.52. The van der Waals surface area contributed by atoms with E-state index in [9.17, 15) is 14.0 Å². The Labute approximate surface area is 148 Å². The van der Waals surface area contributed by atoms with E-state index in [0.717, 1.165) is 10.0 Å². The molecular weight excluding hydrogens is 375 g/mol. The molecule has 4 nitrogen and oxygen atoms in total. The number of hydrogen-bond donors (Lipinski definition) is 1. The van der Waals surface area contributed by atoms with Crippen molar-refractivity contribution in [3.63, 3.8) is 0 Å². The molecule has 2 rings (SSSR count). The van der Waals surface area contributed by atoms with Crippen molar-refractivity contribution in [2.24, 2.45) is 0 Å². The number of amides is 2. The lowest BCUT2D eigenvalue weighted by Crippen LogP contribution is -2.38. The van der Waals surface area contributed by atoms with Gasteiger partial charge in [-0.1, -0.05) is 40.2 Å². The topological polar surface area (TPSA) is 49.4 Å². The summed E-state index contributed by atoms with van der Waals surface area (Å²) in [5.74, 6) is -0.889. The maximum Gasteiger partial charge on any atom is 0.224 e. The van der Waals surface area contributed by atoms with Gasteiger partial charge in [0, 0.05) is 24.5 Å². The van der Waals surface area contributed by atoms with Crippen molar-refractivity contribution in [1.29, 1.82) is 0 Å². The molecule has 1 N–H and O–H groups in total. The normalized spacial score (nSPS) is 10.3. The van der Waals surface area contributed by atoms with Crippen molar-refractivity contribution in [1.82, 2.24) is 5.32 Å². The molecule has 0 fully saturated rings. The number of nitrogens with one attached hydrogen (secondary N) is 1. The van der Waals surface area contributed by atoms with Gasteiger partial charge in [-0.05, 0) is 29.8 Å². The first-order chi connectivity index (χ1) is 11.5. The smallest absolute Gasteiger partial charge is 0.224 e.